The quantitative estimate of drug-likeness (QED) is 0.232. The molecule has 3 aromatic carbocycles. The first-order valence-corrected chi connectivity index (χ1v) is 12.8. The average molecular weight is 534 g/mol. The van der Waals surface area contributed by atoms with Gasteiger partial charge in [0.1, 0.15) is 11.3 Å². The van der Waals surface area contributed by atoms with E-state index in [-0.39, 0.29) is 29.2 Å². The fraction of sp³-hybridized carbons (Fsp3) is 0.267. The summed E-state index contributed by atoms with van der Waals surface area (Å²) in [5.74, 6) is 1.51. The van der Waals surface area contributed by atoms with E-state index in [4.69, 9.17) is 30.2 Å². The van der Waals surface area contributed by atoms with Gasteiger partial charge in [-0.15, -0.1) is 0 Å². The smallest absolute Gasteiger partial charge is 0.291 e. The second-order valence-electron chi connectivity index (χ2n) is 9.11. The Bertz CT molecular complexity index is 1550. The largest absolute Gasteiger partial charge is 0.497 e. The Kier molecular flexibility index (Phi) is 7.29. The second-order valence-corrected chi connectivity index (χ2v) is 9.55. The van der Waals surface area contributed by atoms with Gasteiger partial charge in [-0.05, 0) is 60.0 Å². The molecule has 1 aliphatic heterocycles. The highest BCUT2D eigenvalue weighted by molar-refractivity contribution is 6.31. The molecule has 1 atom stereocenters. The van der Waals surface area contributed by atoms with Crippen LogP contribution in [0.2, 0.25) is 5.02 Å². The van der Waals surface area contributed by atoms with E-state index in [1.54, 1.807) is 37.3 Å². The van der Waals surface area contributed by atoms with E-state index in [2.05, 4.69) is 6.92 Å². The lowest BCUT2D eigenvalue weighted by atomic mass is 9.97. The molecule has 7 nitrogen and oxygen atoms in total. The molecule has 2 heterocycles. The molecular formula is C30H28ClNO6. The van der Waals surface area contributed by atoms with Crippen LogP contribution in [0.15, 0.2) is 69.9 Å². The second kappa shape index (κ2) is 10.8. The predicted molar refractivity (Wildman–Crippen MR) is 146 cm³/mol. The van der Waals surface area contributed by atoms with Gasteiger partial charge < -0.3 is 23.5 Å². The first-order chi connectivity index (χ1) is 18.4. The third kappa shape index (κ3) is 4.70. The summed E-state index contributed by atoms with van der Waals surface area (Å²) >= 11 is 6.19. The third-order valence-electron chi connectivity index (χ3n) is 6.70. The van der Waals surface area contributed by atoms with Crippen LogP contribution >= 0.6 is 11.6 Å². The van der Waals surface area contributed by atoms with Crippen LogP contribution in [-0.4, -0.2) is 31.6 Å². The molecular weight excluding hydrogens is 506 g/mol. The van der Waals surface area contributed by atoms with Gasteiger partial charge in [0.2, 0.25) is 5.76 Å². The molecule has 1 aromatic heterocycles. The van der Waals surface area contributed by atoms with Crippen LogP contribution in [0.1, 0.15) is 53.1 Å². The molecule has 0 saturated carbocycles. The van der Waals surface area contributed by atoms with E-state index in [0.717, 1.165) is 18.4 Å². The molecule has 0 radical (unpaired) electrons. The van der Waals surface area contributed by atoms with Crippen molar-refractivity contribution in [2.75, 3.05) is 20.8 Å². The van der Waals surface area contributed by atoms with Crippen LogP contribution in [0.3, 0.4) is 0 Å². The van der Waals surface area contributed by atoms with Crippen LogP contribution in [0, 0.1) is 0 Å². The highest BCUT2D eigenvalue weighted by Gasteiger charge is 2.43. The maximum Gasteiger partial charge on any atom is 0.291 e. The van der Waals surface area contributed by atoms with Gasteiger partial charge in [0.25, 0.3) is 5.91 Å². The number of unbranched alkanes of at least 4 members (excludes halogenated alkanes) is 1. The van der Waals surface area contributed by atoms with E-state index in [0.29, 0.717) is 45.4 Å². The minimum Gasteiger partial charge on any atom is -0.497 e. The first-order valence-electron chi connectivity index (χ1n) is 12.5. The summed E-state index contributed by atoms with van der Waals surface area (Å²) in [4.78, 5) is 29.2. The van der Waals surface area contributed by atoms with E-state index in [9.17, 15) is 9.59 Å². The molecule has 4 aromatic rings. The van der Waals surface area contributed by atoms with Gasteiger partial charge in [0.15, 0.2) is 16.9 Å². The SMILES string of the molecule is CCCCOc1ccc(C2c3c(oc4ccc(Cl)cc4c3=O)C(=O)N2Cc2ccc(OC)cc2)cc1OC. The number of halogens is 1. The number of carbonyl (C=O) groups excluding carboxylic acids is 1. The molecule has 1 aliphatic rings. The summed E-state index contributed by atoms with van der Waals surface area (Å²) < 4.78 is 22.8. The zero-order chi connectivity index (χ0) is 26.8. The highest BCUT2D eigenvalue weighted by Crippen LogP contribution is 2.42. The molecule has 0 N–H and O–H groups in total. The van der Waals surface area contributed by atoms with Crippen molar-refractivity contribution in [3.8, 4) is 17.2 Å². The fourth-order valence-corrected chi connectivity index (χ4v) is 4.90. The van der Waals surface area contributed by atoms with Crippen LogP contribution in [0.5, 0.6) is 17.2 Å². The molecule has 0 spiro atoms. The van der Waals surface area contributed by atoms with Gasteiger partial charge >= 0.3 is 0 Å². The Morgan fingerprint density at radius 2 is 1.74 bits per heavy atom. The Morgan fingerprint density at radius 1 is 0.947 bits per heavy atom. The average Bonchev–Trinajstić information content (AvgIpc) is 3.21. The number of rotatable bonds is 9. The third-order valence-corrected chi connectivity index (χ3v) is 6.93. The normalized spacial score (nSPS) is 14.6. The lowest BCUT2D eigenvalue weighted by molar-refractivity contribution is 0.0714. The summed E-state index contributed by atoms with van der Waals surface area (Å²) in [6, 6.07) is 17.1. The number of fused-ring (bicyclic) bond motifs is 2. The Morgan fingerprint density at radius 3 is 2.45 bits per heavy atom. The van der Waals surface area contributed by atoms with Gasteiger partial charge in [-0.2, -0.15) is 0 Å². The maximum atomic E-state index is 13.8. The van der Waals surface area contributed by atoms with Gasteiger partial charge in [0.05, 0.1) is 37.8 Å². The van der Waals surface area contributed by atoms with Crippen molar-refractivity contribution in [2.45, 2.75) is 32.4 Å². The van der Waals surface area contributed by atoms with Crippen LogP contribution in [0.25, 0.3) is 11.0 Å². The molecule has 38 heavy (non-hydrogen) atoms. The number of hydrogen-bond donors (Lipinski definition) is 0. The molecule has 5 rings (SSSR count). The fourth-order valence-electron chi connectivity index (χ4n) is 4.73. The van der Waals surface area contributed by atoms with Crippen molar-refractivity contribution < 1.29 is 23.4 Å². The summed E-state index contributed by atoms with van der Waals surface area (Å²) in [5, 5.41) is 0.739. The number of amides is 1. The van der Waals surface area contributed by atoms with Gasteiger partial charge in [-0.1, -0.05) is 43.1 Å². The van der Waals surface area contributed by atoms with E-state index < -0.39 is 6.04 Å². The van der Waals surface area contributed by atoms with E-state index in [1.807, 2.05) is 42.5 Å². The summed E-state index contributed by atoms with van der Waals surface area (Å²) in [6.45, 7) is 2.92. The molecule has 1 unspecified atom stereocenters. The van der Waals surface area contributed by atoms with E-state index in [1.165, 1.54) is 0 Å². The van der Waals surface area contributed by atoms with Gasteiger partial charge in [0, 0.05) is 11.6 Å². The summed E-state index contributed by atoms with van der Waals surface area (Å²) in [6.07, 6.45) is 1.93. The number of methoxy groups -OCH3 is 2. The van der Waals surface area contributed by atoms with Crippen LogP contribution in [-0.2, 0) is 6.54 Å². The Hall–Kier alpha value is -3.97. The predicted octanol–water partition coefficient (Wildman–Crippen LogP) is 6.39. The lowest BCUT2D eigenvalue weighted by Gasteiger charge is -2.26. The standard InChI is InChI=1S/C30H28ClNO6/c1-4-5-14-37-24-12-8-19(15-25(24)36-3)27-26-28(33)22-16-20(31)9-13-23(22)38-29(26)30(34)32(27)17-18-6-10-21(35-2)11-7-18/h6-13,15-16,27H,4-5,14,17H2,1-3H3. The number of ether oxygens (including phenoxy) is 3. The minimum absolute atomic E-state index is 0.0329. The van der Waals surface area contributed by atoms with Crippen LogP contribution < -0.4 is 19.6 Å². The molecule has 0 aliphatic carbocycles. The zero-order valence-corrected chi connectivity index (χ0v) is 22.2. The molecule has 8 heteroatoms. The van der Waals surface area contributed by atoms with Crippen molar-refractivity contribution in [1.29, 1.82) is 0 Å². The van der Waals surface area contributed by atoms with Crippen molar-refractivity contribution in [1.82, 2.24) is 4.90 Å². The number of benzene rings is 3. The molecule has 1 amide bonds. The number of hydrogen-bond acceptors (Lipinski definition) is 6. The van der Waals surface area contributed by atoms with Crippen LogP contribution in [0.4, 0.5) is 0 Å². The molecule has 196 valence electrons. The number of nitrogens with zero attached hydrogens (tertiary/aromatic N) is 1. The zero-order valence-electron chi connectivity index (χ0n) is 21.5. The van der Waals surface area contributed by atoms with Gasteiger partial charge in [-0.25, -0.2) is 0 Å². The Balaban J connectivity index is 1.64. The maximum absolute atomic E-state index is 13.8. The van der Waals surface area contributed by atoms with Crippen molar-refractivity contribution in [2.24, 2.45) is 0 Å². The minimum atomic E-state index is -0.696. The van der Waals surface area contributed by atoms with Crippen molar-refractivity contribution >= 4 is 28.5 Å². The van der Waals surface area contributed by atoms with E-state index >= 15 is 0 Å². The van der Waals surface area contributed by atoms with Crippen molar-refractivity contribution in [3.05, 3.63) is 98.4 Å². The van der Waals surface area contributed by atoms with Crippen molar-refractivity contribution in [3.63, 3.8) is 0 Å². The summed E-state index contributed by atoms with van der Waals surface area (Å²) in [5.41, 5.74) is 1.89. The first kappa shape index (κ1) is 25.7. The molecule has 0 fully saturated rings. The Labute approximate surface area is 225 Å². The highest BCUT2D eigenvalue weighted by atomic mass is 35.5. The lowest BCUT2D eigenvalue weighted by Crippen LogP contribution is -2.29. The monoisotopic (exact) mass is 533 g/mol. The number of carbonyl (C=O) groups is 1. The van der Waals surface area contributed by atoms with Gasteiger partial charge in [-0.3, -0.25) is 9.59 Å². The molecule has 0 saturated heterocycles. The topological polar surface area (TPSA) is 78.2 Å². The molecule has 0 bridgehead atoms. The summed E-state index contributed by atoms with van der Waals surface area (Å²) in [7, 11) is 3.17.